The molecule has 0 saturated carbocycles. The Morgan fingerprint density at radius 1 is 1.45 bits per heavy atom. The van der Waals surface area contributed by atoms with Gasteiger partial charge in [-0.05, 0) is 43.5 Å². The Bertz CT molecular complexity index is 681. The van der Waals surface area contributed by atoms with E-state index in [0.717, 1.165) is 6.42 Å². The minimum absolute atomic E-state index is 0. The first-order valence-electron chi connectivity index (χ1n) is 6.56. The highest BCUT2D eigenvalue weighted by Gasteiger charge is 2.28. The fourth-order valence-corrected chi connectivity index (χ4v) is 3.99. The highest BCUT2D eigenvalue weighted by atomic mass is 79.9. The second-order valence-corrected chi connectivity index (χ2v) is 7.71. The number of amides is 1. The lowest BCUT2D eigenvalue weighted by atomic mass is 10.1. The number of carbonyl (C=O) groups is 1. The van der Waals surface area contributed by atoms with E-state index in [2.05, 4.69) is 15.9 Å². The molecule has 1 aliphatic heterocycles. The molecule has 0 spiro atoms. The van der Waals surface area contributed by atoms with Crippen LogP contribution in [0.1, 0.15) is 22.3 Å². The molecule has 1 aromatic carbocycles. The largest absolute Gasteiger partial charge is 0.338 e. The van der Waals surface area contributed by atoms with Crippen LogP contribution in [0.15, 0.2) is 21.5 Å². The van der Waals surface area contributed by atoms with Gasteiger partial charge in [-0.1, -0.05) is 15.9 Å². The zero-order chi connectivity index (χ0) is 15.8. The van der Waals surface area contributed by atoms with E-state index in [0.29, 0.717) is 41.2 Å². The molecule has 1 aromatic rings. The number of nitrogens with zero attached hydrogens (tertiary/aromatic N) is 1. The lowest BCUT2D eigenvalue weighted by Crippen LogP contribution is -2.31. The predicted molar refractivity (Wildman–Crippen MR) is 90.6 cm³/mol. The molecule has 1 unspecified atom stereocenters. The second kappa shape index (κ2) is 7.27. The van der Waals surface area contributed by atoms with Gasteiger partial charge in [-0.15, -0.1) is 12.4 Å². The van der Waals surface area contributed by atoms with Gasteiger partial charge in [0.15, 0.2) is 0 Å². The summed E-state index contributed by atoms with van der Waals surface area (Å²) in [5.74, 6) is 0.119. The van der Waals surface area contributed by atoms with Crippen LogP contribution in [0, 0.1) is 12.8 Å². The maximum absolute atomic E-state index is 12.6. The third kappa shape index (κ3) is 3.99. The van der Waals surface area contributed by atoms with Crippen molar-refractivity contribution in [3.63, 3.8) is 0 Å². The van der Waals surface area contributed by atoms with Crippen LogP contribution in [0.4, 0.5) is 0 Å². The standard InChI is InChI=1S/C13H18BrN3O3S.ClH/c1-8-11(4-10(14)5-12(8)21(16,19)20)13(18)17-3-2-9(6-15)7-17;/h4-5,9H,2-3,6-7,15H2,1H3,(H2,16,19,20);1H. The maximum atomic E-state index is 12.6. The van der Waals surface area contributed by atoms with Gasteiger partial charge in [0.25, 0.3) is 5.91 Å². The van der Waals surface area contributed by atoms with Crippen LogP contribution in [0.2, 0.25) is 0 Å². The molecule has 0 radical (unpaired) electrons. The van der Waals surface area contributed by atoms with Crippen molar-refractivity contribution in [1.82, 2.24) is 4.90 Å². The third-order valence-electron chi connectivity index (χ3n) is 3.77. The van der Waals surface area contributed by atoms with Gasteiger partial charge in [-0.3, -0.25) is 4.79 Å². The van der Waals surface area contributed by atoms with E-state index < -0.39 is 10.0 Å². The molecule has 1 heterocycles. The van der Waals surface area contributed by atoms with Crippen molar-refractivity contribution in [3.8, 4) is 0 Å². The van der Waals surface area contributed by atoms with E-state index in [-0.39, 0.29) is 23.2 Å². The molecule has 0 aliphatic carbocycles. The summed E-state index contributed by atoms with van der Waals surface area (Å²) in [7, 11) is -3.87. The quantitative estimate of drug-likeness (QED) is 0.779. The van der Waals surface area contributed by atoms with Gasteiger partial charge in [0.2, 0.25) is 10.0 Å². The highest BCUT2D eigenvalue weighted by Crippen LogP contribution is 2.26. The van der Waals surface area contributed by atoms with Gasteiger partial charge in [0.05, 0.1) is 4.90 Å². The lowest BCUT2D eigenvalue weighted by molar-refractivity contribution is 0.0786. The molecular weight excluding hydrogens is 394 g/mol. The monoisotopic (exact) mass is 411 g/mol. The summed E-state index contributed by atoms with van der Waals surface area (Å²) in [5, 5.41) is 5.20. The van der Waals surface area contributed by atoms with Crippen molar-refractivity contribution in [2.24, 2.45) is 16.8 Å². The SMILES string of the molecule is Cc1c(C(=O)N2CCC(CN)C2)cc(Br)cc1S(N)(=O)=O.Cl. The lowest BCUT2D eigenvalue weighted by Gasteiger charge is -2.19. The number of likely N-dealkylation sites (tertiary alicyclic amines) is 1. The van der Waals surface area contributed by atoms with Crippen molar-refractivity contribution >= 4 is 44.3 Å². The Morgan fingerprint density at radius 2 is 2.09 bits per heavy atom. The Balaban J connectivity index is 0.00000242. The first kappa shape index (κ1) is 19.4. The molecule has 0 aromatic heterocycles. The van der Waals surface area contributed by atoms with Crippen LogP contribution in [-0.2, 0) is 10.0 Å². The Morgan fingerprint density at radius 3 is 2.59 bits per heavy atom. The van der Waals surface area contributed by atoms with Crippen LogP contribution in [-0.4, -0.2) is 38.9 Å². The second-order valence-electron chi connectivity index (χ2n) is 5.26. The van der Waals surface area contributed by atoms with E-state index in [1.165, 1.54) is 6.07 Å². The van der Waals surface area contributed by atoms with Crippen LogP contribution >= 0.6 is 28.3 Å². The van der Waals surface area contributed by atoms with Gasteiger partial charge in [0.1, 0.15) is 0 Å². The molecule has 124 valence electrons. The van der Waals surface area contributed by atoms with Gasteiger partial charge in [-0.25, -0.2) is 13.6 Å². The van der Waals surface area contributed by atoms with Crippen molar-refractivity contribution < 1.29 is 13.2 Å². The summed E-state index contributed by atoms with van der Waals surface area (Å²) >= 11 is 3.23. The molecule has 1 atom stereocenters. The van der Waals surface area contributed by atoms with E-state index in [1.54, 1.807) is 17.9 Å². The molecule has 22 heavy (non-hydrogen) atoms. The molecule has 9 heteroatoms. The molecule has 4 N–H and O–H groups in total. The molecule has 1 amide bonds. The summed E-state index contributed by atoms with van der Waals surface area (Å²) in [6, 6.07) is 3.04. The summed E-state index contributed by atoms with van der Waals surface area (Å²) < 4.78 is 23.7. The molecule has 1 aliphatic rings. The van der Waals surface area contributed by atoms with Gasteiger partial charge < -0.3 is 10.6 Å². The van der Waals surface area contributed by atoms with E-state index in [9.17, 15) is 13.2 Å². The summed E-state index contributed by atoms with van der Waals surface area (Å²) in [5.41, 5.74) is 6.36. The number of nitrogens with two attached hydrogens (primary N) is 2. The van der Waals surface area contributed by atoms with Crippen molar-refractivity contribution in [1.29, 1.82) is 0 Å². The molecule has 0 bridgehead atoms. The van der Waals surface area contributed by atoms with Crippen molar-refractivity contribution in [2.75, 3.05) is 19.6 Å². The Labute approximate surface area is 144 Å². The number of benzene rings is 1. The highest BCUT2D eigenvalue weighted by molar-refractivity contribution is 9.10. The van der Waals surface area contributed by atoms with Gasteiger partial charge in [-0.2, -0.15) is 0 Å². The van der Waals surface area contributed by atoms with Crippen molar-refractivity contribution in [3.05, 3.63) is 27.7 Å². The average Bonchev–Trinajstić information content (AvgIpc) is 2.87. The topological polar surface area (TPSA) is 106 Å². The van der Waals surface area contributed by atoms with Crippen LogP contribution < -0.4 is 10.9 Å². The van der Waals surface area contributed by atoms with Crippen molar-refractivity contribution in [2.45, 2.75) is 18.2 Å². The maximum Gasteiger partial charge on any atom is 0.254 e. The van der Waals surface area contributed by atoms with Crippen LogP contribution in [0.25, 0.3) is 0 Å². The number of carbonyl (C=O) groups excluding carboxylic acids is 1. The van der Waals surface area contributed by atoms with Gasteiger partial charge >= 0.3 is 0 Å². The number of hydrogen-bond donors (Lipinski definition) is 2. The molecule has 6 nitrogen and oxygen atoms in total. The number of rotatable bonds is 3. The van der Waals surface area contributed by atoms with E-state index >= 15 is 0 Å². The van der Waals surface area contributed by atoms with E-state index in [4.69, 9.17) is 10.9 Å². The number of sulfonamides is 1. The predicted octanol–water partition coefficient (Wildman–Crippen LogP) is 1.25. The minimum Gasteiger partial charge on any atom is -0.338 e. The first-order chi connectivity index (χ1) is 9.74. The number of hydrogen-bond acceptors (Lipinski definition) is 4. The van der Waals surface area contributed by atoms with Crippen LogP contribution in [0.3, 0.4) is 0 Å². The van der Waals surface area contributed by atoms with Gasteiger partial charge in [0, 0.05) is 23.1 Å². The Kier molecular flexibility index (Phi) is 6.40. The smallest absolute Gasteiger partial charge is 0.254 e. The Hall–Kier alpha value is -0.670. The minimum atomic E-state index is -3.87. The fourth-order valence-electron chi connectivity index (χ4n) is 2.55. The third-order valence-corrected chi connectivity index (χ3v) is 5.26. The number of primary sulfonamides is 1. The summed E-state index contributed by atoms with van der Waals surface area (Å²) in [4.78, 5) is 14.3. The van der Waals surface area contributed by atoms with E-state index in [1.807, 2.05) is 0 Å². The van der Waals surface area contributed by atoms with Crippen LogP contribution in [0.5, 0.6) is 0 Å². The number of halogens is 2. The molecule has 1 fully saturated rings. The zero-order valence-corrected chi connectivity index (χ0v) is 15.3. The zero-order valence-electron chi connectivity index (χ0n) is 12.1. The molecule has 2 rings (SSSR count). The fraction of sp³-hybridized carbons (Fsp3) is 0.462. The average molecular weight is 413 g/mol. The summed E-state index contributed by atoms with van der Waals surface area (Å²) in [6.07, 6.45) is 0.872. The normalized spacial score (nSPS) is 18.2. The molecular formula is C13H19BrClN3O3S. The molecule has 1 saturated heterocycles. The first-order valence-corrected chi connectivity index (χ1v) is 8.90. The summed E-state index contributed by atoms with van der Waals surface area (Å²) in [6.45, 7) is 3.38.